The summed E-state index contributed by atoms with van der Waals surface area (Å²) in [7, 11) is 0. The van der Waals surface area contributed by atoms with E-state index in [-0.39, 0.29) is 29.8 Å². The van der Waals surface area contributed by atoms with Gasteiger partial charge < -0.3 is 9.64 Å². The van der Waals surface area contributed by atoms with E-state index in [1.54, 1.807) is 4.90 Å². The molecular weight excluding hydrogens is 352 g/mol. The number of aryl methyl sites for hydroxylation is 1. The fourth-order valence-corrected chi connectivity index (χ4v) is 5.24. The smallest absolute Gasteiger partial charge is 0.229 e. The minimum absolute atomic E-state index is 0.0105. The molecular formula is C18H26N4O3S. The zero-order valence-corrected chi connectivity index (χ0v) is 16.1. The van der Waals surface area contributed by atoms with Crippen molar-refractivity contribution in [3.63, 3.8) is 0 Å². The molecule has 0 aliphatic carbocycles. The Labute approximate surface area is 157 Å². The molecule has 26 heavy (non-hydrogen) atoms. The fourth-order valence-electron chi connectivity index (χ4n) is 4.27. The highest BCUT2D eigenvalue weighted by Gasteiger charge is 2.43. The number of nitrogens with zero attached hydrogens (tertiary/aromatic N) is 4. The SMILES string of the molecule is CCCc1nnc(N2CC(C(=O)N3CCC4(CCCO4)CC3)CC2=O)s1. The van der Waals surface area contributed by atoms with Gasteiger partial charge in [0, 0.05) is 39.1 Å². The van der Waals surface area contributed by atoms with Gasteiger partial charge in [-0.05, 0) is 32.1 Å². The Kier molecular flexibility index (Phi) is 4.96. The normalized spacial score (nSPS) is 25.4. The van der Waals surface area contributed by atoms with Crippen LogP contribution in [0.25, 0.3) is 0 Å². The second-order valence-electron chi connectivity index (χ2n) is 7.59. The lowest BCUT2D eigenvalue weighted by atomic mass is 9.88. The number of carbonyl (C=O) groups is 2. The average molecular weight is 378 g/mol. The van der Waals surface area contributed by atoms with Crippen LogP contribution >= 0.6 is 11.3 Å². The molecule has 1 aromatic rings. The Bertz CT molecular complexity index is 676. The summed E-state index contributed by atoms with van der Waals surface area (Å²) in [5.74, 6) is -0.179. The van der Waals surface area contributed by atoms with Gasteiger partial charge in [-0.25, -0.2) is 0 Å². The Balaban J connectivity index is 1.36. The van der Waals surface area contributed by atoms with Gasteiger partial charge in [0.1, 0.15) is 5.01 Å². The molecule has 3 aliphatic rings. The zero-order valence-electron chi connectivity index (χ0n) is 15.3. The van der Waals surface area contributed by atoms with Crippen LogP contribution in [-0.4, -0.2) is 58.8 Å². The van der Waals surface area contributed by atoms with Gasteiger partial charge in [0.25, 0.3) is 0 Å². The predicted molar refractivity (Wildman–Crippen MR) is 98.1 cm³/mol. The van der Waals surface area contributed by atoms with Gasteiger partial charge in [0.05, 0.1) is 11.5 Å². The molecule has 0 bridgehead atoms. The standard InChI is InChI=1S/C18H26N4O3S/c1-2-4-14-19-20-17(26-14)22-12-13(11-15(22)23)16(24)21-8-6-18(7-9-21)5-3-10-25-18/h13H,2-12H2,1H3. The van der Waals surface area contributed by atoms with E-state index in [0.29, 0.717) is 11.7 Å². The molecule has 3 aliphatic heterocycles. The molecule has 1 spiro atoms. The van der Waals surface area contributed by atoms with Gasteiger partial charge in [0.2, 0.25) is 16.9 Å². The maximum Gasteiger partial charge on any atom is 0.229 e. The molecule has 8 heteroatoms. The molecule has 0 saturated carbocycles. The first kappa shape index (κ1) is 17.9. The van der Waals surface area contributed by atoms with Gasteiger partial charge in [-0.3, -0.25) is 14.5 Å². The van der Waals surface area contributed by atoms with Crippen molar-refractivity contribution in [3.8, 4) is 0 Å². The Morgan fingerprint density at radius 3 is 2.81 bits per heavy atom. The highest BCUT2D eigenvalue weighted by Crippen LogP contribution is 2.36. The third kappa shape index (κ3) is 3.36. The second-order valence-corrected chi connectivity index (χ2v) is 8.63. The molecule has 7 nitrogen and oxygen atoms in total. The van der Waals surface area contributed by atoms with E-state index < -0.39 is 0 Å². The summed E-state index contributed by atoms with van der Waals surface area (Å²) >= 11 is 1.46. The number of ether oxygens (including phenoxy) is 1. The average Bonchev–Trinajstić information content (AvgIpc) is 3.36. The molecule has 142 valence electrons. The van der Waals surface area contributed by atoms with E-state index in [1.165, 1.54) is 11.3 Å². The second kappa shape index (κ2) is 7.23. The molecule has 0 aromatic carbocycles. The zero-order chi connectivity index (χ0) is 18.1. The summed E-state index contributed by atoms with van der Waals surface area (Å²) in [5, 5.41) is 9.88. The van der Waals surface area contributed by atoms with Crippen LogP contribution in [0.2, 0.25) is 0 Å². The number of likely N-dealkylation sites (tertiary alicyclic amines) is 1. The quantitative estimate of drug-likeness (QED) is 0.801. The first-order chi connectivity index (χ1) is 12.6. The maximum atomic E-state index is 12.9. The predicted octanol–water partition coefficient (Wildman–Crippen LogP) is 2.02. The number of amides is 2. The van der Waals surface area contributed by atoms with E-state index in [0.717, 1.165) is 63.2 Å². The molecule has 3 fully saturated rings. The van der Waals surface area contributed by atoms with Crippen molar-refractivity contribution in [1.29, 1.82) is 0 Å². The number of carbonyl (C=O) groups excluding carboxylic acids is 2. The van der Waals surface area contributed by atoms with E-state index in [9.17, 15) is 9.59 Å². The number of rotatable bonds is 4. The summed E-state index contributed by atoms with van der Waals surface area (Å²) in [6.07, 6.45) is 6.23. The van der Waals surface area contributed by atoms with Gasteiger partial charge in [0.15, 0.2) is 0 Å². The minimum Gasteiger partial charge on any atom is -0.375 e. The molecule has 0 N–H and O–H groups in total. The molecule has 2 amide bonds. The van der Waals surface area contributed by atoms with Crippen molar-refractivity contribution in [2.45, 2.75) is 57.5 Å². The summed E-state index contributed by atoms with van der Waals surface area (Å²) in [5.41, 5.74) is 0.0105. The van der Waals surface area contributed by atoms with Crippen LogP contribution in [0, 0.1) is 5.92 Å². The highest BCUT2D eigenvalue weighted by atomic mass is 32.1. The summed E-state index contributed by atoms with van der Waals surface area (Å²) in [6, 6.07) is 0. The van der Waals surface area contributed by atoms with Crippen molar-refractivity contribution < 1.29 is 14.3 Å². The molecule has 4 heterocycles. The molecule has 4 rings (SSSR count). The van der Waals surface area contributed by atoms with Gasteiger partial charge in [-0.15, -0.1) is 10.2 Å². The van der Waals surface area contributed by atoms with Crippen molar-refractivity contribution in [1.82, 2.24) is 15.1 Å². The summed E-state index contributed by atoms with van der Waals surface area (Å²) in [4.78, 5) is 28.9. The van der Waals surface area contributed by atoms with Crippen LogP contribution in [0.4, 0.5) is 5.13 Å². The Hall–Kier alpha value is -1.54. The lowest BCUT2D eigenvalue weighted by molar-refractivity contribution is -0.140. The Morgan fingerprint density at radius 1 is 1.31 bits per heavy atom. The lowest BCUT2D eigenvalue weighted by Gasteiger charge is -2.39. The number of piperidine rings is 1. The van der Waals surface area contributed by atoms with Crippen LogP contribution in [-0.2, 0) is 20.7 Å². The maximum absolute atomic E-state index is 12.9. The first-order valence-electron chi connectivity index (χ1n) is 9.66. The monoisotopic (exact) mass is 378 g/mol. The van der Waals surface area contributed by atoms with E-state index in [2.05, 4.69) is 17.1 Å². The third-order valence-corrected chi connectivity index (χ3v) is 6.80. The minimum atomic E-state index is -0.264. The van der Waals surface area contributed by atoms with E-state index in [4.69, 9.17) is 4.74 Å². The first-order valence-corrected chi connectivity index (χ1v) is 10.5. The number of aromatic nitrogens is 2. The topological polar surface area (TPSA) is 75.6 Å². The largest absolute Gasteiger partial charge is 0.375 e. The van der Waals surface area contributed by atoms with Crippen molar-refractivity contribution in [3.05, 3.63) is 5.01 Å². The van der Waals surface area contributed by atoms with Crippen molar-refractivity contribution in [2.24, 2.45) is 5.92 Å². The van der Waals surface area contributed by atoms with Gasteiger partial charge >= 0.3 is 0 Å². The number of hydrogen-bond acceptors (Lipinski definition) is 6. The van der Waals surface area contributed by atoms with Crippen molar-refractivity contribution >= 4 is 28.3 Å². The lowest BCUT2D eigenvalue weighted by Crippen LogP contribution is -2.48. The molecule has 3 saturated heterocycles. The molecule has 1 unspecified atom stereocenters. The Morgan fingerprint density at radius 2 is 2.12 bits per heavy atom. The van der Waals surface area contributed by atoms with Crippen LogP contribution in [0.15, 0.2) is 0 Å². The summed E-state index contributed by atoms with van der Waals surface area (Å²) in [6.45, 7) is 4.85. The van der Waals surface area contributed by atoms with Crippen molar-refractivity contribution in [2.75, 3.05) is 31.1 Å². The highest BCUT2D eigenvalue weighted by molar-refractivity contribution is 7.15. The van der Waals surface area contributed by atoms with Gasteiger partial charge in [-0.2, -0.15) is 0 Å². The number of anilines is 1. The van der Waals surface area contributed by atoms with E-state index >= 15 is 0 Å². The van der Waals surface area contributed by atoms with Gasteiger partial charge in [-0.1, -0.05) is 18.3 Å². The van der Waals surface area contributed by atoms with Crippen LogP contribution in [0.5, 0.6) is 0 Å². The van der Waals surface area contributed by atoms with E-state index in [1.807, 2.05) is 4.90 Å². The number of hydrogen-bond donors (Lipinski definition) is 0. The third-order valence-electron chi connectivity index (χ3n) is 5.80. The van der Waals surface area contributed by atoms with Crippen LogP contribution in [0.3, 0.4) is 0 Å². The molecule has 0 radical (unpaired) electrons. The fraction of sp³-hybridized carbons (Fsp3) is 0.778. The van der Waals surface area contributed by atoms with Crippen LogP contribution in [0.1, 0.15) is 50.5 Å². The molecule has 1 aromatic heterocycles. The van der Waals surface area contributed by atoms with Crippen LogP contribution < -0.4 is 4.90 Å². The molecule has 1 atom stereocenters. The summed E-state index contributed by atoms with van der Waals surface area (Å²) < 4.78 is 5.93.